The predicted octanol–water partition coefficient (Wildman–Crippen LogP) is 1.64. The van der Waals surface area contributed by atoms with Crippen LogP contribution in [0.25, 0.3) is 0 Å². The molecule has 2 atom stereocenters. The zero-order chi connectivity index (χ0) is 14.0. The van der Waals surface area contributed by atoms with Crippen molar-refractivity contribution in [2.45, 2.75) is 19.4 Å². The van der Waals surface area contributed by atoms with Gasteiger partial charge in [0.2, 0.25) is 5.91 Å². The van der Waals surface area contributed by atoms with Gasteiger partial charge in [-0.1, -0.05) is 37.3 Å². The van der Waals surface area contributed by atoms with Crippen LogP contribution >= 0.6 is 0 Å². The summed E-state index contributed by atoms with van der Waals surface area (Å²) in [6.45, 7) is 2.82. The monoisotopic (exact) mass is 281 g/mol. The third-order valence-electron chi connectivity index (χ3n) is 3.51. The lowest BCUT2D eigenvalue weighted by atomic mass is 9.84. The number of rotatable bonds is 4. The van der Waals surface area contributed by atoms with E-state index in [9.17, 15) is 13.2 Å². The summed E-state index contributed by atoms with van der Waals surface area (Å²) < 4.78 is 22.2. The molecule has 4 nitrogen and oxygen atoms in total. The molecule has 0 radical (unpaired) electrons. The number of hydrogen-bond donors (Lipinski definition) is 0. The topological polar surface area (TPSA) is 54.5 Å². The van der Waals surface area contributed by atoms with Crippen molar-refractivity contribution in [1.82, 2.24) is 4.90 Å². The molecule has 5 heteroatoms. The van der Waals surface area contributed by atoms with E-state index in [1.54, 1.807) is 4.90 Å². The van der Waals surface area contributed by atoms with E-state index in [0.717, 1.165) is 11.8 Å². The minimum absolute atomic E-state index is 0.0712. The normalized spacial score (nSPS) is 22.9. The third-order valence-corrected chi connectivity index (χ3v) is 4.45. The van der Waals surface area contributed by atoms with Crippen molar-refractivity contribution >= 4 is 15.7 Å². The Bertz CT molecular complexity index is 553. The predicted molar refractivity (Wildman–Crippen MR) is 74.4 cm³/mol. The molecule has 1 heterocycles. The van der Waals surface area contributed by atoms with Crippen LogP contribution in [0.2, 0.25) is 0 Å². The first-order valence-corrected chi connectivity index (χ1v) is 8.46. The highest BCUT2D eigenvalue weighted by Gasteiger charge is 2.39. The molecule has 0 saturated carbocycles. The van der Waals surface area contributed by atoms with Crippen molar-refractivity contribution < 1.29 is 13.2 Å². The molecule has 1 aromatic carbocycles. The summed E-state index contributed by atoms with van der Waals surface area (Å²) in [6.07, 6.45) is 1.24. The number of hydrogen-bond acceptors (Lipinski definition) is 3. The van der Waals surface area contributed by atoms with Gasteiger partial charge in [-0.05, 0) is 11.5 Å². The Hall–Kier alpha value is -1.36. The Labute approximate surface area is 114 Å². The maximum Gasteiger partial charge on any atom is 0.224 e. The molecular formula is C14H19NO3S. The zero-order valence-corrected chi connectivity index (χ0v) is 12.1. The van der Waals surface area contributed by atoms with Crippen molar-refractivity contribution in [3.05, 3.63) is 35.9 Å². The van der Waals surface area contributed by atoms with Gasteiger partial charge in [0.05, 0.1) is 11.8 Å². The van der Waals surface area contributed by atoms with Crippen molar-refractivity contribution in [3.8, 4) is 0 Å². The van der Waals surface area contributed by atoms with E-state index in [-0.39, 0.29) is 24.1 Å². The van der Waals surface area contributed by atoms with Crippen LogP contribution in [0.4, 0.5) is 0 Å². The van der Waals surface area contributed by atoms with Gasteiger partial charge >= 0.3 is 0 Å². The minimum atomic E-state index is -3.08. The number of nitrogens with zero attached hydrogens (tertiary/aromatic N) is 1. The fourth-order valence-electron chi connectivity index (χ4n) is 2.52. The summed E-state index contributed by atoms with van der Waals surface area (Å²) in [5.74, 6) is 0.278. The van der Waals surface area contributed by atoms with Gasteiger partial charge in [-0.25, -0.2) is 8.42 Å². The van der Waals surface area contributed by atoms with Crippen molar-refractivity contribution in [2.75, 3.05) is 18.6 Å². The molecule has 0 spiro atoms. The molecule has 1 saturated heterocycles. The fourth-order valence-corrected chi connectivity index (χ4v) is 3.07. The van der Waals surface area contributed by atoms with E-state index in [0.29, 0.717) is 12.5 Å². The molecule has 1 amide bonds. The number of sulfone groups is 1. The first-order valence-electron chi connectivity index (χ1n) is 6.40. The highest BCUT2D eigenvalue weighted by atomic mass is 32.2. The lowest BCUT2D eigenvalue weighted by Gasteiger charge is -2.47. The molecule has 1 aromatic rings. The Morgan fingerprint density at radius 3 is 2.47 bits per heavy atom. The Kier molecular flexibility index (Phi) is 3.94. The Balaban J connectivity index is 2.03. The number of likely N-dealkylation sites (tertiary alicyclic amines) is 1. The van der Waals surface area contributed by atoms with Gasteiger partial charge in [0.15, 0.2) is 0 Å². The average Bonchev–Trinajstić information content (AvgIpc) is 2.33. The second-order valence-electron chi connectivity index (χ2n) is 5.26. The number of benzene rings is 1. The van der Waals surface area contributed by atoms with E-state index < -0.39 is 9.84 Å². The van der Waals surface area contributed by atoms with Gasteiger partial charge in [0.1, 0.15) is 9.84 Å². The Morgan fingerprint density at radius 2 is 1.95 bits per heavy atom. The van der Waals surface area contributed by atoms with Gasteiger partial charge in [-0.15, -0.1) is 0 Å². The standard InChI is InChI=1S/C14H19NO3S/c1-11-10-15(13(16)8-9-19(2,17)18)14(11)12-6-4-3-5-7-12/h3-7,11,14H,8-10H2,1-2H3/t11-,14+/m0/s1. The summed E-state index contributed by atoms with van der Waals surface area (Å²) in [5.41, 5.74) is 1.12. The molecule has 1 aliphatic heterocycles. The highest BCUT2D eigenvalue weighted by Crippen LogP contribution is 2.38. The average molecular weight is 281 g/mol. The molecule has 0 unspecified atom stereocenters. The van der Waals surface area contributed by atoms with Crippen LogP contribution in [0.3, 0.4) is 0 Å². The van der Waals surface area contributed by atoms with E-state index in [4.69, 9.17) is 0 Å². The van der Waals surface area contributed by atoms with E-state index in [2.05, 4.69) is 6.92 Å². The van der Waals surface area contributed by atoms with Crippen LogP contribution in [0.1, 0.15) is 24.9 Å². The summed E-state index contributed by atoms with van der Waals surface area (Å²) in [6, 6.07) is 9.98. The van der Waals surface area contributed by atoms with Gasteiger partial charge in [0.25, 0.3) is 0 Å². The fraction of sp³-hybridized carbons (Fsp3) is 0.500. The first-order chi connectivity index (χ1) is 8.88. The molecule has 104 valence electrons. The molecule has 0 N–H and O–H groups in total. The minimum Gasteiger partial charge on any atom is -0.335 e. The molecule has 1 fully saturated rings. The van der Waals surface area contributed by atoms with Crippen LogP contribution < -0.4 is 0 Å². The summed E-state index contributed by atoms with van der Waals surface area (Å²) in [5, 5.41) is 0. The second-order valence-corrected chi connectivity index (χ2v) is 7.52. The molecule has 2 rings (SSSR count). The second kappa shape index (κ2) is 5.33. The summed E-state index contributed by atoms with van der Waals surface area (Å²) >= 11 is 0. The quantitative estimate of drug-likeness (QED) is 0.843. The summed E-state index contributed by atoms with van der Waals surface area (Å²) in [4.78, 5) is 13.8. The number of carbonyl (C=O) groups is 1. The molecular weight excluding hydrogens is 262 g/mol. The molecule has 19 heavy (non-hydrogen) atoms. The maximum atomic E-state index is 12.1. The SMILES string of the molecule is C[C@H]1CN(C(=O)CCS(C)(=O)=O)[C@H]1c1ccccc1. The lowest BCUT2D eigenvalue weighted by molar-refractivity contribution is -0.143. The van der Waals surface area contributed by atoms with E-state index >= 15 is 0 Å². The highest BCUT2D eigenvalue weighted by molar-refractivity contribution is 7.90. The number of amides is 1. The molecule has 0 aliphatic carbocycles. The van der Waals surface area contributed by atoms with Gasteiger partial charge in [-0.2, -0.15) is 0 Å². The number of carbonyl (C=O) groups excluding carboxylic acids is 1. The van der Waals surface area contributed by atoms with Gasteiger partial charge in [-0.3, -0.25) is 4.79 Å². The maximum absolute atomic E-state index is 12.1. The smallest absolute Gasteiger partial charge is 0.224 e. The van der Waals surface area contributed by atoms with Crippen LogP contribution in [0.15, 0.2) is 30.3 Å². The van der Waals surface area contributed by atoms with Crippen molar-refractivity contribution in [2.24, 2.45) is 5.92 Å². The molecule has 0 bridgehead atoms. The largest absolute Gasteiger partial charge is 0.335 e. The first kappa shape index (κ1) is 14.1. The van der Waals surface area contributed by atoms with E-state index in [1.165, 1.54) is 0 Å². The molecule has 0 aromatic heterocycles. The van der Waals surface area contributed by atoms with E-state index in [1.807, 2.05) is 30.3 Å². The lowest BCUT2D eigenvalue weighted by Crippen LogP contribution is -2.51. The Morgan fingerprint density at radius 1 is 1.32 bits per heavy atom. The van der Waals surface area contributed by atoms with Crippen LogP contribution in [0.5, 0.6) is 0 Å². The van der Waals surface area contributed by atoms with Crippen LogP contribution in [-0.2, 0) is 14.6 Å². The zero-order valence-electron chi connectivity index (χ0n) is 11.2. The van der Waals surface area contributed by atoms with Crippen LogP contribution in [-0.4, -0.2) is 37.8 Å². The van der Waals surface area contributed by atoms with Gasteiger partial charge < -0.3 is 4.90 Å². The van der Waals surface area contributed by atoms with Gasteiger partial charge in [0, 0.05) is 19.2 Å². The third kappa shape index (κ3) is 3.35. The van der Waals surface area contributed by atoms with Crippen molar-refractivity contribution in [1.29, 1.82) is 0 Å². The molecule has 1 aliphatic rings. The van der Waals surface area contributed by atoms with Crippen molar-refractivity contribution in [3.63, 3.8) is 0 Å². The summed E-state index contributed by atoms with van der Waals surface area (Å²) in [7, 11) is -3.08. The van der Waals surface area contributed by atoms with Crippen LogP contribution in [0, 0.1) is 5.92 Å².